The van der Waals surface area contributed by atoms with Crippen molar-refractivity contribution in [3.63, 3.8) is 0 Å². The topological polar surface area (TPSA) is 48.9 Å². The van der Waals surface area contributed by atoms with Gasteiger partial charge in [-0.05, 0) is 12.1 Å². The van der Waals surface area contributed by atoms with Gasteiger partial charge in [-0.3, -0.25) is 0 Å². The molecule has 0 aliphatic heterocycles. The predicted octanol–water partition coefficient (Wildman–Crippen LogP) is 2.57. The smallest absolute Gasteiger partial charge is 0.143 e. The Bertz CT molecular complexity index is 466. The fourth-order valence-corrected chi connectivity index (χ4v) is 1.37. The van der Waals surface area contributed by atoms with E-state index >= 15 is 0 Å². The summed E-state index contributed by atoms with van der Waals surface area (Å²) in [6.45, 7) is 6.26. The van der Waals surface area contributed by atoms with E-state index in [0.29, 0.717) is 5.52 Å². The Morgan fingerprint density at radius 1 is 1.29 bits per heavy atom. The lowest BCUT2D eigenvalue weighted by molar-refractivity contribution is 0.480. The molecular formula is C11H14N2O. The molecule has 14 heavy (non-hydrogen) atoms. The molecule has 74 valence electrons. The van der Waals surface area contributed by atoms with Gasteiger partial charge >= 0.3 is 0 Å². The van der Waals surface area contributed by atoms with Crippen LogP contribution in [0, 0.1) is 0 Å². The zero-order valence-corrected chi connectivity index (χ0v) is 8.63. The lowest BCUT2D eigenvalue weighted by Gasteiger charge is -2.13. The van der Waals surface area contributed by atoms with Crippen LogP contribution in [0.1, 0.15) is 26.6 Å². The molecule has 0 bridgehead atoms. The fourth-order valence-electron chi connectivity index (χ4n) is 1.37. The first kappa shape index (κ1) is 9.06. The maximum absolute atomic E-state index is 9.57. The summed E-state index contributed by atoms with van der Waals surface area (Å²) < 4.78 is 0. The molecule has 0 fully saturated rings. The molecule has 3 nitrogen and oxygen atoms in total. The van der Waals surface area contributed by atoms with Gasteiger partial charge in [0, 0.05) is 5.41 Å². The van der Waals surface area contributed by atoms with E-state index < -0.39 is 0 Å². The van der Waals surface area contributed by atoms with E-state index in [4.69, 9.17) is 0 Å². The Labute approximate surface area is 82.8 Å². The molecular weight excluding hydrogens is 176 g/mol. The van der Waals surface area contributed by atoms with Crippen molar-refractivity contribution in [1.82, 2.24) is 9.97 Å². The van der Waals surface area contributed by atoms with Crippen LogP contribution in [0.2, 0.25) is 0 Å². The van der Waals surface area contributed by atoms with E-state index in [9.17, 15) is 5.11 Å². The maximum Gasteiger partial charge on any atom is 0.143 e. The van der Waals surface area contributed by atoms with E-state index in [1.165, 1.54) is 0 Å². The SMILES string of the molecule is CC(C)(C)c1nc2c(O)cccc2[nH]1. The van der Waals surface area contributed by atoms with Crippen molar-refractivity contribution in [2.24, 2.45) is 0 Å². The zero-order valence-electron chi connectivity index (χ0n) is 8.63. The monoisotopic (exact) mass is 190 g/mol. The van der Waals surface area contributed by atoms with Crippen molar-refractivity contribution >= 4 is 11.0 Å². The van der Waals surface area contributed by atoms with Gasteiger partial charge in [0.2, 0.25) is 0 Å². The van der Waals surface area contributed by atoms with Gasteiger partial charge in [-0.25, -0.2) is 4.98 Å². The predicted molar refractivity (Wildman–Crippen MR) is 56.5 cm³/mol. The van der Waals surface area contributed by atoms with Crippen molar-refractivity contribution < 1.29 is 5.11 Å². The quantitative estimate of drug-likeness (QED) is 0.670. The van der Waals surface area contributed by atoms with Crippen LogP contribution in [0.3, 0.4) is 0 Å². The molecule has 1 aromatic heterocycles. The third-order valence-electron chi connectivity index (χ3n) is 2.20. The first-order valence-electron chi connectivity index (χ1n) is 4.66. The summed E-state index contributed by atoms with van der Waals surface area (Å²) in [6, 6.07) is 5.37. The van der Waals surface area contributed by atoms with Crippen LogP contribution in [0.5, 0.6) is 5.75 Å². The number of imidazole rings is 1. The third-order valence-corrected chi connectivity index (χ3v) is 2.20. The summed E-state index contributed by atoms with van der Waals surface area (Å²) in [5.74, 6) is 1.13. The van der Waals surface area contributed by atoms with Gasteiger partial charge in [-0.1, -0.05) is 26.8 Å². The molecule has 0 radical (unpaired) electrons. The van der Waals surface area contributed by atoms with Crippen LogP contribution >= 0.6 is 0 Å². The summed E-state index contributed by atoms with van der Waals surface area (Å²) in [7, 11) is 0. The number of phenols is 1. The summed E-state index contributed by atoms with van der Waals surface area (Å²) in [5, 5.41) is 9.57. The summed E-state index contributed by atoms with van der Waals surface area (Å²) in [4.78, 5) is 7.58. The minimum Gasteiger partial charge on any atom is -0.506 e. The molecule has 3 heteroatoms. The molecule has 2 rings (SSSR count). The average molecular weight is 190 g/mol. The molecule has 0 spiro atoms. The maximum atomic E-state index is 9.57. The fraction of sp³-hybridized carbons (Fsp3) is 0.364. The zero-order chi connectivity index (χ0) is 10.3. The highest BCUT2D eigenvalue weighted by Gasteiger charge is 2.18. The van der Waals surface area contributed by atoms with E-state index in [0.717, 1.165) is 11.3 Å². The molecule has 0 aliphatic carbocycles. The largest absolute Gasteiger partial charge is 0.506 e. The number of nitrogens with zero attached hydrogens (tertiary/aromatic N) is 1. The molecule has 2 aromatic rings. The van der Waals surface area contributed by atoms with Crippen LogP contribution in [0.4, 0.5) is 0 Å². The first-order chi connectivity index (χ1) is 6.48. The molecule has 0 amide bonds. The lowest BCUT2D eigenvalue weighted by atomic mass is 9.96. The number of rotatable bonds is 0. The molecule has 0 unspecified atom stereocenters. The van der Waals surface area contributed by atoms with Crippen molar-refractivity contribution in [3.8, 4) is 5.75 Å². The van der Waals surface area contributed by atoms with Gasteiger partial charge in [0.15, 0.2) is 0 Å². The standard InChI is InChI=1S/C11H14N2O/c1-11(2,3)10-12-7-5-4-6-8(14)9(7)13-10/h4-6,14H,1-3H3,(H,12,13). The second-order valence-corrected chi connectivity index (χ2v) is 4.51. The number of para-hydroxylation sites is 1. The van der Waals surface area contributed by atoms with Gasteiger partial charge in [-0.15, -0.1) is 0 Å². The summed E-state index contributed by atoms with van der Waals surface area (Å²) >= 11 is 0. The van der Waals surface area contributed by atoms with Crippen LogP contribution < -0.4 is 0 Å². The highest BCUT2D eigenvalue weighted by Crippen LogP contribution is 2.26. The molecule has 2 N–H and O–H groups in total. The summed E-state index contributed by atoms with van der Waals surface area (Å²) in [6.07, 6.45) is 0. The molecule has 1 heterocycles. The van der Waals surface area contributed by atoms with Crippen LogP contribution in [0.15, 0.2) is 18.2 Å². The average Bonchev–Trinajstić information content (AvgIpc) is 2.48. The second-order valence-electron chi connectivity index (χ2n) is 4.51. The second kappa shape index (κ2) is 2.74. The number of benzene rings is 1. The lowest BCUT2D eigenvalue weighted by Crippen LogP contribution is -2.12. The van der Waals surface area contributed by atoms with Crippen LogP contribution in [0.25, 0.3) is 11.0 Å². The number of H-pyrrole nitrogens is 1. The number of phenolic OH excluding ortho intramolecular Hbond substituents is 1. The van der Waals surface area contributed by atoms with E-state index in [1.807, 2.05) is 12.1 Å². The third kappa shape index (κ3) is 1.35. The highest BCUT2D eigenvalue weighted by molar-refractivity contribution is 5.81. The number of nitrogens with one attached hydrogen (secondary N) is 1. The van der Waals surface area contributed by atoms with Gasteiger partial charge in [0.05, 0.1) is 5.52 Å². The van der Waals surface area contributed by atoms with Gasteiger partial charge in [-0.2, -0.15) is 0 Å². The van der Waals surface area contributed by atoms with Gasteiger partial charge < -0.3 is 10.1 Å². The molecule has 1 aromatic carbocycles. The van der Waals surface area contributed by atoms with Crippen molar-refractivity contribution in [3.05, 3.63) is 24.0 Å². The first-order valence-corrected chi connectivity index (χ1v) is 4.66. The highest BCUT2D eigenvalue weighted by atomic mass is 16.3. The van der Waals surface area contributed by atoms with Crippen LogP contribution in [-0.4, -0.2) is 15.1 Å². The Hall–Kier alpha value is -1.51. The van der Waals surface area contributed by atoms with E-state index in [1.54, 1.807) is 6.07 Å². The number of hydrogen-bond donors (Lipinski definition) is 2. The molecule has 0 saturated carbocycles. The number of aromatic nitrogens is 2. The molecule has 0 aliphatic rings. The molecule has 0 atom stereocenters. The Morgan fingerprint density at radius 3 is 2.57 bits per heavy atom. The molecule has 0 saturated heterocycles. The number of aromatic amines is 1. The van der Waals surface area contributed by atoms with Gasteiger partial charge in [0.1, 0.15) is 17.1 Å². The van der Waals surface area contributed by atoms with Crippen molar-refractivity contribution in [1.29, 1.82) is 0 Å². The normalized spacial score (nSPS) is 12.2. The number of aromatic hydroxyl groups is 1. The van der Waals surface area contributed by atoms with Crippen molar-refractivity contribution in [2.45, 2.75) is 26.2 Å². The van der Waals surface area contributed by atoms with E-state index in [-0.39, 0.29) is 11.2 Å². The Kier molecular flexibility index (Phi) is 1.77. The Balaban J connectivity index is 2.69. The van der Waals surface area contributed by atoms with Crippen LogP contribution in [-0.2, 0) is 5.41 Å². The summed E-state index contributed by atoms with van der Waals surface area (Å²) in [5.41, 5.74) is 1.51. The van der Waals surface area contributed by atoms with Crippen molar-refractivity contribution in [2.75, 3.05) is 0 Å². The van der Waals surface area contributed by atoms with Gasteiger partial charge in [0.25, 0.3) is 0 Å². The number of hydrogen-bond acceptors (Lipinski definition) is 2. The Morgan fingerprint density at radius 2 is 2.00 bits per heavy atom. The number of fused-ring (bicyclic) bond motifs is 1. The minimum atomic E-state index is -0.0224. The minimum absolute atomic E-state index is 0.0224. The van der Waals surface area contributed by atoms with E-state index in [2.05, 4.69) is 30.7 Å².